The monoisotopic (exact) mass is 291 g/mol. The van der Waals surface area contributed by atoms with E-state index in [2.05, 4.69) is 5.32 Å². The van der Waals surface area contributed by atoms with E-state index in [1.807, 2.05) is 24.3 Å². The summed E-state index contributed by atoms with van der Waals surface area (Å²) in [5.41, 5.74) is 0.830. The van der Waals surface area contributed by atoms with E-state index in [0.29, 0.717) is 13.0 Å². The number of hydrogen-bond donors (Lipinski definition) is 2. The first-order chi connectivity index (χ1) is 10.2. The van der Waals surface area contributed by atoms with Gasteiger partial charge < -0.3 is 15.2 Å². The van der Waals surface area contributed by atoms with E-state index in [4.69, 9.17) is 4.74 Å². The Morgan fingerprint density at radius 1 is 1.33 bits per heavy atom. The molecule has 1 aromatic carbocycles. The molecule has 4 nitrogen and oxygen atoms in total. The predicted octanol–water partition coefficient (Wildman–Crippen LogP) is 2.30. The third kappa shape index (κ3) is 4.46. The highest BCUT2D eigenvalue weighted by Crippen LogP contribution is 2.35. The van der Waals surface area contributed by atoms with E-state index in [9.17, 15) is 9.90 Å². The molecular formula is C17H25NO3. The summed E-state index contributed by atoms with van der Waals surface area (Å²) < 4.78 is 5.16. The molecule has 1 fully saturated rings. The highest BCUT2D eigenvalue weighted by atomic mass is 16.5. The van der Waals surface area contributed by atoms with Crippen molar-refractivity contribution in [3.63, 3.8) is 0 Å². The average molecular weight is 291 g/mol. The minimum atomic E-state index is -0.109. The topological polar surface area (TPSA) is 58.6 Å². The lowest BCUT2D eigenvalue weighted by Gasteiger charge is -2.35. The van der Waals surface area contributed by atoms with Gasteiger partial charge in [0.15, 0.2) is 0 Å². The molecule has 1 aliphatic rings. The second-order valence-electron chi connectivity index (χ2n) is 6.02. The van der Waals surface area contributed by atoms with Crippen molar-refractivity contribution >= 4 is 5.91 Å². The van der Waals surface area contributed by atoms with E-state index in [1.165, 1.54) is 6.42 Å². The Kier molecular flexibility index (Phi) is 5.62. The molecule has 1 aliphatic carbocycles. The number of aliphatic hydroxyl groups is 1. The maximum Gasteiger partial charge on any atom is 0.224 e. The molecule has 0 aliphatic heterocycles. The fourth-order valence-electron chi connectivity index (χ4n) is 3.01. The zero-order valence-corrected chi connectivity index (χ0v) is 12.7. The largest absolute Gasteiger partial charge is 0.497 e. The van der Waals surface area contributed by atoms with Gasteiger partial charge in [0.1, 0.15) is 5.75 Å². The molecule has 2 rings (SSSR count). The molecule has 0 atom stereocenters. The Labute approximate surface area is 126 Å². The second kappa shape index (κ2) is 7.46. The zero-order chi connectivity index (χ0) is 15.1. The Morgan fingerprint density at radius 3 is 2.76 bits per heavy atom. The van der Waals surface area contributed by atoms with Crippen LogP contribution in [-0.4, -0.2) is 31.3 Å². The Bertz CT molecular complexity index is 467. The van der Waals surface area contributed by atoms with E-state index in [1.54, 1.807) is 7.11 Å². The lowest BCUT2D eigenvalue weighted by atomic mass is 9.74. The lowest BCUT2D eigenvalue weighted by molar-refractivity contribution is -0.121. The van der Waals surface area contributed by atoms with Crippen molar-refractivity contribution in [3.8, 4) is 5.75 Å². The van der Waals surface area contributed by atoms with Crippen LogP contribution >= 0.6 is 0 Å². The van der Waals surface area contributed by atoms with Gasteiger partial charge in [0.2, 0.25) is 5.91 Å². The fraction of sp³-hybridized carbons (Fsp3) is 0.588. The standard InChI is InChI=1S/C17H25NO3/c1-21-15-7-5-6-14(10-15)11-16(20)18-12-17(13-19)8-3-2-4-9-17/h5-7,10,19H,2-4,8-9,11-13H2,1H3,(H,18,20). The van der Waals surface area contributed by atoms with Crippen molar-refractivity contribution in [2.75, 3.05) is 20.3 Å². The van der Waals surface area contributed by atoms with Gasteiger partial charge in [-0.05, 0) is 30.5 Å². The third-order valence-electron chi connectivity index (χ3n) is 4.41. The van der Waals surface area contributed by atoms with Gasteiger partial charge in [0.25, 0.3) is 0 Å². The zero-order valence-electron chi connectivity index (χ0n) is 12.7. The van der Waals surface area contributed by atoms with Crippen LogP contribution in [0.1, 0.15) is 37.7 Å². The number of methoxy groups -OCH3 is 1. The fourth-order valence-corrected chi connectivity index (χ4v) is 3.01. The number of carbonyl (C=O) groups excluding carboxylic acids is 1. The number of aliphatic hydroxyl groups excluding tert-OH is 1. The van der Waals surface area contributed by atoms with E-state index >= 15 is 0 Å². The maximum atomic E-state index is 12.1. The quantitative estimate of drug-likeness (QED) is 0.845. The summed E-state index contributed by atoms with van der Waals surface area (Å²) in [5, 5.41) is 12.6. The Balaban J connectivity index is 1.86. The van der Waals surface area contributed by atoms with Crippen LogP contribution in [0.2, 0.25) is 0 Å². The highest BCUT2D eigenvalue weighted by Gasteiger charge is 2.31. The average Bonchev–Trinajstić information content (AvgIpc) is 2.54. The maximum absolute atomic E-state index is 12.1. The SMILES string of the molecule is COc1cccc(CC(=O)NCC2(CO)CCCCC2)c1. The molecule has 21 heavy (non-hydrogen) atoms. The molecule has 0 unspecified atom stereocenters. The van der Waals surface area contributed by atoms with Gasteiger partial charge in [-0.1, -0.05) is 31.4 Å². The van der Waals surface area contributed by atoms with E-state index in [-0.39, 0.29) is 17.9 Å². The van der Waals surface area contributed by atoms with Gasteiger partial charge in [-0.25, -0.2) is 0 Å². The number of benzene rings is 1. The van der Waals surface area contributed by atoms with E-state index in [0.717, 1.165) is 37.0 Å². The minimum absolute atomic E-state index is 0.00153. The van der Waals surface area contributed by atoms with Gasteiger partial charge in [0.05, 0.1) is 20.1 Å². The molecule has 2 N–H and O–H groups in total. The van der Waals surface area contributed by atoms with Crippen LogP contribution in [0.5, 0.6) is 5.75 Å². The number of amides is 1. The number of hydrogen-bond acceptors (Lipinski definition) is 3. The molecule has 0 aromatic heterocycles. The number of carbonyl (C=O) groups is 1. The van der Waals surface area contributed by atoms with Crippen LogP contribution in [0.3, 0.4) is 0 Å². The molecular weight excluding hydrogens is 266 g/mol. The van der Waals surface area contributed by atoms with Crippen molar-refractivity contribution in [1.29, 1.82) is 0 Å². The molecule has 0 heterocycles. The van der Waals surface area contributed by atoms with Crippen LogP contribution in [0.15, 0.2) is 24.3 Å². The smallest absolute Gasteiger partial charge is 0.224 e. The summed E-state index contributed by atoms with van der Waals surface area (Å²) in [7, 11) is 1.62. The van der Waals surface area contributed by atoms with Gasteiger partial charge in [0, 0.05) is 12.0 Å². The van der Waals surface area contributed by atoms with Gasteiger partial charge in [-0.3, -0.25) is 4.79 Å². The Hall–Kier alpha value is -1.55. The van der Waals surface area contributed by atoms with Crippen molar-refractivity contribution in [2.45, 2.75) is 38.5 Å². The third-order valence-corrected chi connectivity index (χ3v) is 4.41. The van der Waals surface area contributed by atoms with Crippen LogP contribution in [0, 0.1) is 5.41 Å². The number of ether oxygens (including phenoxy) is 1. The molecule has 0 saturated heterocycles. The van der Waals surface area contributed by atoms with Gasteiger partial charge in [-0.2, -0.15) is 0 Å². The molecule has 1 aromatic rings. The number of nitrogens with one attached hydrogen (secondary N) is 1. The summed E-state index contributed by atoms with van der Waals surface area (Å²) in [6, 6.07) is 7.55. The molecule has 1 saturated carbocycles. The van der Waals surface area contributed by atoms with Crippen LogP contribution in [-0.2, 0) is 11.2 Å². The van der Waals surface area contributed by atoms with Crippen LogP contribution in [0.4, 0.5) is 0 Å². The molecule has 116 valence electrons. The van der Waals surface area contributed by atoms with Crippen molar-refractivity contribution in [3.05, 3.63) is 29.8 Å². The predicted molar refractivity (Wildman–Crippen MR) is 82.3 cm³/mol. The first-order valence-corrected chi connectivity index (χ1v) is 7.68. The minimum Gasteiger partial charge on any atom is -0.497 e. The summed E-state index contributed by atoms with van der Waals surface area (Å²) in [4.78, 5) is 12.1. The first kappa shape index (κ1) is 15.8. The summed E-state index contributed by atoms with van der Waals surface area (Å²) >= 11 is 0. The highest BCUT2D eigenvalue weighted by molar-refractivity contribution is 5.78. The molecule has 1 amide bonds. The number of rotatable bonds is 6. The lowest BCUT2D eigenvalue weighted by Crippen LogP contribution is -2.41. The molecule has 0 bridgehead atoms. The van der Waals surface area contributed by atoms with Crippen LogP contribution < -0.4 is 10.1 Å². The second-order valence-corrected chi connectivity index (χ2v) is 6.02. The summed E-state index contributed by atoms with van der Waals surface area (Å²) in [5.74, 6) is 0.765. The molecule has 4 heteroatoms. The Morgan fingerprint density at radius 2 is 2.10 bits per heavy atom. The van der Waals surface area contributed by atoms with Crippen LogP contribution in [0.25, 0.3) is 0 Å². The summed E-state index contributed by atoms with van der Waals surface area (Å²) in [6.45, 7) is 0.735. The van der Waals surface area contributed by atoms with Gasteiger partial charge in [-0.15, -0.1) is 0 Å². The molecule has 0 radical (unpaired) electrons. The van der Waals surface area contributed by atoms with Gasteiger partial charge >= 0.3 is 0 Å². The van der Waals surface area contributed by atoms with Crippen molar-refractivity contribution in [1.82, 2.24) is 5.32 Å². The van der Waals surface area contributed by atoms with Crippen molar-refractivity contribution < 1.29 is 14.6 Å². The van der Waals surface area contributed by atoms with E-state index < -0.39 is 0 Å². The normalized spacial score (nSPS) is 17.2. The summed E-state index contributed by atoms with van der Waals surface area (Å²) in [6.07, 6.45) is 5.88. The first-order valence-electron chi connectivity index (χ1n) is 7.68. The van der Waals surface area contributed by atoms with Crippen molar-refractivity contribution in [2.24, 2.45) is 5.41 Å². The molecule has 0 spiro atoms.